The molecule has 0 aromatic carbocycles. The van der Waals surface area contributed by atoms with Crippen LogP contribution in [-0.2, 0) is 0 Å². The summed E-state index contributed by atoms with van der Waals surface area (Å²) in [5.41, 5.74) is 0.0377. The van der Waals surface area contributed by atoms with Crippen LogP contribution in [0.4, 0.5) is 5.82 Å². The summed E-state index contributed by atoms with van der Waals surface area (Å²) in [7, 11) is 0. The third kappa shape index (κ3) is 1.71. The lowest BCUT2D eigenvalue weighted by Gasteiger charge is -2.16. The third-order valence-electron chi connectivity index (χ3n) is 3.22. The van der Waals surface area contributed by atoms with Crippen LogP contribution in [0, 0.1) is 0 Å². The first-order valence-corrected chi connectivity index (χ1v) is 6.15. The zero-order valence-corrected chi connectivity index (χ0v) is 9.73. The molecule has 16 heavy (non-hydrogen) atoms. The molecule has 1 unspecified atom stereocenters. The molecule has 1 aliphatic heterocycles. The molecule has 5 heteroatoms. The fourth-order valence-corrected chi connectivity index (χ4v) is 2.45. The van der Waals surface area contributed by atoms with E-state index in [0.29, 0.717) is 11.9 Å². The monoisotopic (exact) mass is 239 g/mol. The molecule has 0 spiro atoms. The fraction of sp³-hybridized carbons (Fsp3) is 0.636. The molecule has 1 aromatic heterocycles. The standard InChI is InChI=1S/C11H14ClN3O/c12-8-3-5-14(7-8)10-11(16)15(6-4-13-10)9-1-2-9/h4,6,8-9H,1-3,5,7H2. The van der Waals surface area contributed by atoms with Crippen molar-refractivity contribution in [3.8, 4) is 0 Å². The van der Waals surface area contributed by atoms with E-state index in [1.165, 1.54) is 0 Å². The Balaban J connectivity index is 1.94. The summed E-state index contributed by atoms with van der Waals surface area (Å²) >= 11 is 6.05. The quantitative estimate of drug-likeness (QED) is 0.733. The Morgan fingerprint density at radius 2 is 2.19 bits per heavy atom. The molecule has 4 nitrogen and oxygen atoms in total. The highest BCUT2D eigenvalue weighted by Crippen LogP contribution is 2.33. The van der Waals surface area contributed by atoms with Gasteiger partial charge in [0, 0.05) is 31.5 Å². The van der Waals surface area contributed by atoms with Crippen LogP contribution in [0.1, 0.15) is 25.3 Å². The Hall–Kier alpha value is -1.03. The number of hydrogen-bond donors (Lipinski definition) is 0. The summed E-state index contributed by atoms with van der Waals surface area (Å²) in [4.78, 5) is 18.4. The van der Waals surface area contributed by atoms with Gasteiger partial charge in [-0.1, -0.05) is 0 Å². The maximum Gasteiger partial charge on any atom is 0.293 e. The Bertz CT molecular complexity index is 455. The first kappa shape index (κ1) is 10.1. The van der Waals surface area contributed by atoms with E-state index in [4.69, 9.17) is 11.6 Å². The minimum atomic E-state index is 0.0377. The predicted octanol–water partition coefficient (Wildman–Crippen LogP) is 1.40. The van der Waals surface area contributed by atoms with Crippen molar-refractivity contribution >= 4 is 17.4 Å². The van der Waals surface area contributed by atoms with E-state index < -0.39 is 0 Å². The van der Waals surface area contributed by atoms with Crippen molar-refractivity contribution in [2.75, 3.05) is 18.0 Å². The second-order valence-electron chi connectivity index (χ2n) is 4.53. The summed E-state index contributed by atoms with van der Waals surface area (Å²) in [6, 6.07) is 0.406. The van der Waals surface area contributed by atoms with Crippen LogP contribution >= 0.6 is 11.6 Å². The Morgan fingerprint density at radius 1 is 1.38 bits per heavy atom. The molecule has 0 radical (unpaired) electrons. The van der Waals surface area contributed by atoms with E-state index in [2.05, 4.69) is 4.98 Å². The molecule has 1 saturated carbocycles. The number of halogens is 1. The van der Waals surface area contributed by atoms with Gasteiger partial charge in [-0.15, -0.1) is 11.6 Å². The van der Waals surface area contributed by atoms with E-state index >= 15 is 0 Å². The number of rotatable bonds is 2. The van der Waals surface area contributed by atoms with Crippen LogP contribution in [0.5, 0.6) is 0 Å². The number of anilines is 1. The van der Waals surface area contributed by atoms with Crippen molar-refractivity contribution in [3.05, 3.63) is 22.7 Å². The van der Waals surface area contributed by atoms with Crippen LogP contribution in [-0.4, -0.2) is 28.0 Å². The molecule has 1 atom stereocenters. The van der Waals surface area contributed by atoms with Crippen molar-refractivity contribution in [2.24, 2.45) is 0 Å². The molecule has 2 fully saturated rings. The number of alkyl halides is 1. The van der Waals surface area contributed by atoms with Crippen LogP contribution in [0.15, 0.2) is 17.2 Å². The molecule has 1 saturated heterocycles. The normalized spacial score (nSPS) is 25.1. The highest BCUT2D eigenvalue weighted by molar-refractivity contribution is 6.21. The number of aromatic nitrogens is 2. The molecular weight excluding hydrogens is 226 g/mol. The van der Waals surface area contributed by atoms with Crippen molar-refractivity contribution < 1.29 is 0 Å². The average molecular weight is 240 g/mol. The maximum atomic E-state index is 12.2. The number of hydrogen-bond acceptors (Lipinski definition) is 3. The highest BCUT2D eigenvalue weighted by atomic mass is 35.5. The lowest BCUT2D eigenvalue weighted by atomic mass is 10.4. The van der Waals surface area contributed by atoms with Crippen molar-refractivity contribution in [1.82, 2.24) is 9.55 Å². The summed E-state index contributed by atoms with van der Waals surface area (Å²) < 4.78 is 1.81. The predicted molar refractivity (Wildman–Crippen MR) is 63.2 cm³/mol. The lowest BCUT2D eigenvalue weighted by molar-refractivity contribution is 0.692. The van der Waals surface area contributed by atoms with E-state index in [1.54, 1.807) is 12.4 Å². The zero-order chi connectivity index (χ0) is 11.1. The number of nitrogens with zero attached hydrogens (tertiary/aromatic N) is 3. The molecule has 2 heterocycles. The first-order chi connectivity index (χ1) is 7.75. The Morgan fingerprint density at radius 3 is 2.81 bits per heavy atom. The molecule has 86 valence electrons. The van der Waals surface area contributed by atoms with Gasteiger partial charge < -0.3 is 9.47 Å². The average Bonchev–Trinajstić information content (AvgIpc) is 3.02. The van der Waals surface area contributed by atoms with Gasteiger partial charge in [-0.25, -0.2) is 4.98 Å². The van der Waals surface area contributed by atoms with Gasteiger partial charge in [-0.05, 0) is 19.3 Å². The SMILES string of the molecule is O=c1c(N2CCC(Cl)C2)nccn1C1CC1. The lowest BCUT2D eigenvalue weighted by Crippen LogP contribution is -2.31. The molecular formula is C11H14ClN3O. The van der Waals surface area contributed by atoms with E-state index in [0.717, 1.165) is 32.4 Å². The van der Waals surface area contributed by atoms with Gasteiger partial charge in [-0.3, -0.25) is 4.79 Å². The molecule has 0 bridgehead atoms. The highest BCUT2D eigenvalue weighted by Gasteiger charge is 2.28. The van der Waals surface area contributed by atoms with Gasteiger partial charge in [-0.2, -0.15) is 0 Å². The largest absolute Gasteiger partial charge is 0.350 e. The van der Waals surface area contributed by atoms with Gasteiger partial charge in [0.05, 0.1) is 5.38 Å². The van der Waals surface area contributed by atoms with Crippen LogP contribution < -0.4 is 10.5 Å². The molecule has 3 rings (SSSR count). The molecule has 1 aromatic rings. The Labute approximate surface area is 98.8 Å². The summed E-state index contributed by atoms with van der Waals surface area (Å²) in [6.07, 6.45) is 6.67. The van der Waals surface area contributed by atoms with Gasteiger partial charge in [0.15, 0.2) is 5.82 Å². The fourth-order valence-electron chi connectivity index (χ4n) is 2.18. The third-order valence-corrected chi connectivity index (χ3v) is 3.58. The second-order valence-corrected chi connectivity index (χ2v) is 5.14. The molecule has 0 amide bonds. The van der Waals surface area contributed by atoms with Gasteiger partial charge in [0.25, 0.3) is 5.56 Å². The first-order valence-electron chi connectivity index (χ1n) is 5.72. The molecule has 2 aliphatic rings. The maximum absolute atomic E-state index is 12.2. The zero-order valence-electron chi connectivity index (χ0n) is 8.97. The van der Waals surface area contributed by atoms with E-state index in [-0.39, 0.29) is 10.9 Å². The van der Waals surface area contributed by atoms with Gasteiger partial charge in [0.1, 0.15) is 0 Å². The van der Waals surface area contributed by atoms with E-state index in [1.807, 2.05) is 9.47 Å². The summed E-state index contributed by atoms with van der Waals surface area (Å²) in [5, 5.41) is 0.149. The van der Waals surface area contributed by atoms with Crippen LogP contribution in [0.3, 0.4) is 0 Å². The second kappa shape index (κ2) is 3.77. The van der Waals surface area contributed by atoms with Gasteiger partial charge >= 0.3 is 0 Å². The summed E-state index contributed by atoms with van der Waals surface area (Å²) in [5.74, 6) is 0.567. The smallest absolute Gasteiger partial charge is 0.293 e. The Kier molecular flexibility index (Phi) is 2.39. The molecule has 1 aliphatic carbocycles. The van der Waals surface area contributed by atoms with Crippen LogP contribution in [0.2, 0.25) is 0 Å². The minimum Gasteiger partial charge on any atom is -0.350 e. The van der Waals surface area contributed by atoms with Gasteiger partial charge in [0.2, 0.25) is 0 Å². The summed E-state index contributed by atoms with van der Waals surface area (Å²) in [6.45, 7) is 1.57. The van der Waals surface area contributed by atoms with Crippen molar-refractivity contribution in [3.63, 3.8) is 0 Å². The minimum absolute atomic E-state index is 0.0377. The van der Waals surface area contributed by atoms with Crippen molar-refractivity contribution in [2.45, 2.75) is 30.7 Å². The molecule has 0 N–H and O–H groups in total. The topological polar surface area (TPSA) is 38.1 Å². The van der Waals surface area contributed by atoms with Crippen LogP contribution in [0.25, 0.3) is 0 Å². The van der Waals surface area contributed by atoms with E-state index in [9.17, 15) is 4.79 Å². The van der Waals surface area contributed by atoms with Crippen molar-refractivity contribution in [1.29, 1.82) is 0 Å².